The van der Waals surface area contributed by atoms with E-state index in [1.54, 1.807) is 11.8 Å². The average molecular weight is 469 g/mol. The van der Waals surface area contributed by atoms with Crippen LogP contribution in [0.15, 0.2) is 21.7 Å². The molecule has 178 valence electrons. The van der Waals surface area contributed by atoms with E-state index in [0.29, 0.717) is 26.3 Å². The van der Waals surface area contributed by atoms with Crippen molar-refractivity contribution < 1.29 is 32.5 Å². The molecule has 3 aliphatic rings. The molecular formula is C19H22F3N7O4. The summed E-state index contributed by atoms with van der Waals surface area (Å²) in [5.41, 5.74) is 2.57. The lowest BCUT2D eigenvalue weighted by molar-refractivity contribution is -0.0915. The zero-order valence-corrected chi connectivity index (χ0v) is 17.7. The highest BCUT2D eigenvalue weighted by molar-refractivity contribution is 6.12. The largest absolute Gasteiger partial charge is 0.447 e. The van der Waals surface area contributed by atoms with Crippen LogP contribution in [0.2, 0.25) is 0 Å². The third kappa shape index (κ3) is 4.48. The van der Waals surface area contributed by atoms with Crippen molar-refractivity contribution in [3.63, 3.8) is 0 Å². The third-order valence-electron chi connectivity index (χ3n) is 5.32. The molecule has 0 aromatic carbocycles. The smallest absolute Gasteiger partial charge is 0.434 e. The number of cyclic esters (lactones) is 1. The second kappa shape index (κ2) is 8.59. The number of allylic oxidation sites excluding steroid dienone is 2. The second-order valence-electron chi connectivity index (χ2n) is 7.89. The van der Waals surface area contributed by atoms with Crippen LogP contribution in [0.1, 0.15) is 12.6 Å². The first-order valence-corrected chi connectivity index (χ1v) is 10.1. The van der Waals surface area contributed by atoms with Crippen LogP contribution in [0, 0.1) is 0 Å². The standard InChI is InChI=1S/C19H22F3N7O4/c1-18(9-30)10-33-17(31)29(18)14-6-12(25-16(27-14)28-2-4-32-5-3-28)11-7-24-8-13(23)26-15(11)19(20,21)22/h6-7,30H,2-5,8-10H2,1H3,(H2,23,26). The monoisotopic (exact) mass is 469 g/mol. The topological polar surface area (TPSA) is 139 Å². The molecule has 1 unspecified atom stereocenters. The molecule has 1 aromatic heterocycles. The molecule has 0 spiro atoms. The highest BCUT2D eigenvalue weighted by Crippen LogP contribution is 2.36. The van der Waals surface area contributed by atoms with Crippen molar-refractivity contribution in [2.45, 2.75) is 18.6 Å². The number of nitrogens with zero attached hydrogens (tertiary/aromatic N) is 6. The lowest BCUT2D eigenvalue weighted by Gasteiger charge is -2.31. The predicted octanol–water partition coefficient (Wildman–Crippen LogP) is 0.736. The number of hydrogen-bond acceptors (Lipinski definition) is 10. The van der Waals surface area contributed by atoms with Crippen molar-refractivity contribution in [1.29, 1.82) is 0 Å². The lowest BCUT2D eigenvalue weighted by Crippen LogP contribution is -2.48. The second-order valence-corrected chi connectivity index (χ2v) is 7.89. The van der Waals surface area contributed by atoms with Gasteiger partial charge in [-0.1, -0.05) is 0 Å². The number of hydrogen-bond donors (Lipinski definition) is 2. The van der Waals surface area contributed by atoms with Crippen LogP contribution in [0.25, 0.3) is 5.57 Å². The van der Waals surface area contributed by atoms with Crippen molar-refractivity contribution in [2.75, 3.05) is 55.9 Å². The van der Waals surface area contributed by atoms with Gasteiger partial charge in [-0.25, -0.2) is 19.7 Å². The Balaban J connectivity index is 1.93. The minimum absolute atomic E-state index is 0.0239. The van der Waals surface area contributed by atoms with Gasteiger partial charge in [0.15, 0.2) is 5.70 Å². The van der Waals surface area contributed by atoms with Gasteiger partial charge < -0.3 is 25.2 Å². The highest BCUT2D eigenvalue weighted by Gasteiger charge is 2.46. The van der Waals surface area contributed by atoms with Gasteiger partial charge in [0.05, 0.1) is 32.1 Å². The predicted molar refractivity (Wildman–Crippen MR) is 112 cm³/mol. The molecule has 0 aliphatic carbocycles. The lowest BCUT2D eigenvalue weighted by atomic mass is 10.0. The summed E-state index contributed by atoms with van der Waals surface area (Å²) >= 11 is 0. The summed E-state index contributed by atoms with van der Waals surface area (Å²) < 4.78 is 52.0. The van der Waals surface area contributed by atoms with Gasteiger partial charge in [0.2, 0.25) is 5.95 Å². The molecule has 0 saturated carbocycles. The van der Waals surface area contributed by atoms with E-state index < -0.39 is 35.7 Å². The molecule has 4 heterocycles. The number of halogens is 3. The van der Waals surface area contributed by atoms with Crippen LogP contribution >= 0.6 is 0 Å². The SMILES string of the molecule is CC1(CO)COC(=O)N1c1cc(C2=C(C(F)(F)F)N=C(N)CN=C2)nc(N2CCOCC2)n1. The van der Waals surface area contributed by atoms with Crippen LogP contribution < -0.4 is 15.5 Å². The Morgan fingerprint density at radius 1 is 1.27 bits per heavy atom. The molecule has 0 radical (unpaired) electrons. The van der Waals surface area contributed by atoms with Crippen LogP contribution in [0.4, 0.5) is 29.7 Å². The van der Waals surface area contributed by atoms with Crippen LogP contribution in [0.5, 0.6) is 0 Å². The van der Waals surface area contributed by atoms with Gasteiger partial charge in [0.1, 0.15) is 23.8 Å². The molecular weight excluding hydrogens is 447 g/mol. The minimum Gasteiger partial charge on any atom is -0.447 e. The van der Waals surface area contributed by atoms with E-state index in [4.69, 9.17) is 15.2 Å². The van der Waals surface area contributed by atoms with Gasteiger partial charge >= 0.3 is 12.3 Å². The summed E-state index contributed by atoms with van der Waals surface area (Å²) in [7, 11) is 0. The summed E-state index contributed by atoms with van der Waals surface area (Å²) in [6.07, 6.45) is -4.62. The van der Waals surface area contributed by atoms with Gasteiger partial charge in [-0.3, -0.25) is 4.99 Å². The number of rotatable bonds is 4. The summed E-state index contributed by atoms with van der Waals surface area (Å²) in [5.74, 6) is -0.231. The number of aliphatic imine (C=N–C) groups is 2. The maximum Gasteiger partial charge on any atom is 0.434 e. The third-order valence-corrected chi connectivity index (χ3v) is 5.32. The number of amidine groups is 1. The number of ether oxygens (including phenoxy) is 2. The van der Waals surface area contributed by atoms with Crippen molar-refractivity contribution >= 4 is 35.5 Å². The van der Waals surface area contributed by atoms with E-state index in [1.807, 2.05) is 0 Å². The number of carbonyl (C=O) groups excluding carboxylic acids is 1. The van der Waals surface area contributed by atoms with Crippen LogP contribution in [-0.4, -0.2) is 91.0 Å². The number of nitrogens with two attached hydrogens (primary N) is 1. The maximum atomic E-state index is 13.9. The fourth-order valence-corrected chi connectivity index (χ4v) is 3.57. The van der Waals surface area contributed by atoms with Crippen LogP contribution in [0.3, 0.4) is 0 Å². The summed E-state index contributed by atoms with van der Waals surface area (Å²) in [4.78, 5) is 31.5. The first-order valence-electron chi connectivity index (χ1n) is 10.1. The number of aliphatic hydroxyl groups is 1. The number of aliphatic hydroxyl groups excluding tert-OH is 1. The van der Waals surface area contributed by atoms with Gasteiger partial charge in [-0.05, 0) is 6.92 Å². The number of carbonyl (C=O) groups is 1. The van der Waals surface area contributed by atoms with Crippen molar-refractivity contribution in [3.8, 4) is 0 Å². The van der Waals surface area contributed by atoms with Crippen molar-refractivity contribution in [1.82, 2.24) is 9.97 Å². The summed E-state index contributed by atoms with van der Waals surface area (Å²) in [5, 5.41) is 9.87. The molecule has 14 heteroatoms. The first-order chi connectivity index (χ1) is 15.6. The van der Waals surface area contributed by atoms with E-state index in [9.17, 15) is 23.1 Å². The highest BCUT2D eigenvalue weighted by atomic mass is 19.4. The molecule has 1 atom stereocenters. The fraction of sp³-hybridized carbons (Fsp3) is 0.526. The average Bonchev–Trinajstić information content (AvgIpc) is 2.95. The van der Waals surface area contributed by atoms with Crippen LogP contribution in [-0.2, 0) is 9.47 Å². The van der Waals surface area contributed by atoms with Crippen molar-refractivity contribution in [2.24, 2.45) is 15.7 Å². The molecule has 1 amide bonds. The number of alkyl halides is 3. The maximum absolute atomic E-state index is 13.9. The molecule has 4 rings (SSSR count). The minimum atomic E-state index is -4.84. The Labute approximate surface area is 186 Å². The van der Waals surface area contributed by atoms with E-state index in [0.717, 1.165) is 11.1 Å². The molecule has 2 saturated heterocycles. The van der Waals surface area contributed by atoms with E-state index >= 15 is 0 Å². The van der Waals surface area contributed by atoms with Gasteiger partial charge in [-0.2, -0.15) is 18.2 Å². The Morgan fingerprint density at radius 3 is 2.67 bits per heavy atom. The van der Waals surface area contributed by atoms with E-state index in [2.05, 4.69) is 20.0 Å². The Bertz CT molecular complexity index is 1040. The Kier molecular flexibility index (Phi) is 5.97. The Morgan fingerprint density at radius 2 is 2.00 bits per heavy atom. The van der Waals surface area contributed by atoms with Gasteiger partial charge in [-0.15, -0.1) is 0 Å². The molecule has 1 aromatic rings. The first kappa shape index (κ1) is 22.9. The van der Waals surface area contributed by atoms with Gasteiger partial charge in [0, 0.05) is 30.9 Å². The number of morpholine rings is 1. The normalized spacial score (nSPS) is 24.2. The fourth-order valence-electron chi connectivity index (χ4n) is 3.57. The molecule has 3 N–H and O–H groups in total. The molecule has 3 aliphatic heterocycles. The number of anilines is 2. The van der Waals surface area contributed by atoms with Crippen molar-refractivity contribution in [3.05, 3.63) is 17.5 Å². The molecule has 0 bridgehead atoms. The molecule has 2 fully saturated rings. The zero-order valence-electron chi connectivity index (χ0n) is 17.7. The molecule has 11 nitrogen and oxygen atoms in total. The summed E-state index contributed by atoms with van der Waals surface area (Å²) in [6, 6.07) is 1.22. The number of amides is 1. The quantitative estimate of drug-likeness (QED) is 0.658. The van der Waals surface area contributed by atoms with E-state index in [1.165, 1.54) is 6.07 Å². The zero-order chi connectivity index (χ0) is 23.8. The Hall–Kier alpha value is -3.26. The van der Waals surface area contributed by atoms with Gasteiger partial charge in [0.25, 0.3) is 0 Å². The summed E-state index contributed by atoms with van der Waals surface area (Å²) in [6.45, 7) is 2.34. The molecule has 33 heavy (non-hydrogen) atoms. The van der Waals surface area contributed by atoms with E-state index in [-0.39, 0.29) is 36.4 Å². The number of aromatic nitrogens is 2.